The molecule has 0 bridgehead atoms. The number of rotatable bonds is 3. The van der Waals surface area contributed by atoms with Crippen molar-refractivity contribution in [2.75, 3.05) is 18.6 Å². The predicted octanol–water partition coefficient (Wildman–Crippen LogP) is 1.66. The van der Waals surface area contributed by atoms with Crippen molar-refractivity contribution in [2.24, 2.45) is 5.92 Å². The topological polar surface area (TPSA) is 46.2 Å². The molecule has 1 aromatic carbocycles. The molecule has 0 saturated carbocycles. The van der Waals surface area contributed by atoms with Gasteiger partial charge in [0.25, 0.3) is 0 Å². The van der Waals surface area contributed by atoms with Crippen LogP contribution in [0.4, 0.5) is 8.78 Å². The monoisotopic (exact) mass is 275 g/mol. The summed E-state index contributed by atoms with van der Waals surface area (Å²) in [6, 6.07) is 2.96. The Hall–Kier alpha value is -1.01. The zero-order valence-electron chi connectivity index (χ0n) is 9.99. The molecule has 1 N–H and O–H groups in total. The van der Waals surface area contributed by atoms with E-state index in [1.807, 2.05) is 0 Å². The first-order chi connectivity index (χ1) is 8.41. The van der Waals surface area contributed by atoms with Gasteiger partial charge >= 0.3 is 0 Å². The Morgan fingerprint density at radius 2 is 1.89 bits per heavy atom. The van der Waals surface area contributed by atoms with Gasteiger partial charge in [-0.1, -0.05) is 0 Å². The van der Waals surface area contributed by atoms with Crippen LogP contribution in [-0.2, 0) is 9.84 Å². The molecule has 3 nitrogen and oxygen atoms in total. The summed E-state index contributed by atoms with van der Waals surface area (Å²) in [5, 5.41) is 2.95. The minimum absolute atomic E-state index is 0.0661. The highest BCUT2D eigenvalue weighted by molar-refractivity contribution is 7.91. The molecule has 2 unspecified atom stereocenters. The van der Waals surface area contributed by atoms with Gasteiger partial charge in [-0.25, -0.2) is 17.2 Å². The molecule has 2 rings (SSSR count). The van der Waals surface area contributed by atoms with E-state index in [4.69, 9.17) is 0 Å². The quantitative estimate of drug-likeness (QED) is 0.912. The lowest BCUT2D eigenvalue weighted by Gasteiger charge is -2.22. The average molecular weight is 275 g/mol. The van der Waals surface area contributed by atoms with Gasteiger partial charge in [0.15, 0.2) is 9.84 Å². The molecule has 6 heteroatoms. The van der Waals surface area contributed by atoms with Crippen molar-refractivity contribution >= 4 is 9.84 Å². The van der Waals surface area contributed by atoms with E-state index in [-0.39, 0.29) is 23.5 Å². The lowest BCUT2D eigenvalue weighted by atomic mass is 9.92. The van der Waals surface area contributed by atoms with Crippen molar-refractivity contribution in [3.63, 3.8) is 0 Å². The number of benzene rings is 1. The molecule has 0 aromatic heterocycles. The Labute approximate surface area is 105 Å². The lowest BCUT2D eigenvalue weighted by molar-refractivity contribution is 0.414. The second-order valence-electron chi connectivity index (χ2n) is 4.63. The van der Waals surface area contributed by atoms with Crippen LogP contribution in [0.1, 0.15) is 18.0 Å². The Morgan fingerprint density at radius 1 is 1.28 bits per heavy atom. The van der Waals surface area contributed by atoms with Crippen molar-refractivity contribution in [1.29, 1.82) is 0 Å². The van der Waals surface area contributed by atoms with Crippen LogP contribution >= 0.6 is 0 Å². The zero-order chi connectivity index (χ0) is 13.3. The fourth-order valence-corrected chi connectivity index (χ4v) is 4.36. The van der Waals surface area contributed by atoms with Crippen LogP contribution in [0, 0.1) is 17.6 Å². The second kappa shape index (κ2) is 4.93. The van der Waals surface area contributed by atoms with E-state index in [1.165, 1.54) is 12.1 Å². The average Bonchev–Trinajstić information content (AvgIpc) is 2.58. The highest BCUT2D eigenvalue weighted by Crippen LogP contribution is 2.31. The maximum absolute atomic E-state index is 13.2. The minimum atomic E-state index is -3.01. The molecule has 1 saturated heterocycles. The summed E-state index contributed by atoms with van der Waals surface area (Å²) in [6.45, 7) is 0. The Morgan fingerprint density at radius 3 is 2.33 bits per heavy atom. The number of halogens is 2. The van der Waals surface area contributed by atoms with E-state index in [9.17, 15) is 17.2 Å². The summed E-state index contributed by atoms with van der Waals surface area (Å²) in [7, 11) is -1.34. The van der Waals surface area contributed by atoms with Gasteiger partial charge in [0, 0.05) is 12.1 Å². The first kappa shape index (κ1) is 13.4. The second-order valence-corrected chi connectivity index (χ2v) is 6.86. The summed E-state index contributed by atoms with van der Waals surface area (Å²) in [5.74, 6) is -1.22. The van der Waals surface area contributed by atoms with Crippen LogP contribution in [0.2, 0.25) is 0 Å². The van der Waals surface area contributed by atoms with Crippen LogP contribution in [0.5, 0.6) is 0 Å². The van der Waals surface area contributed by atoms with Crippen LogP contribution in [0.3, 0.4) is 0 Å². The third kappa shape index (κ3) is 2.87. The summed E-state index contributed by atoms with van der Waals surface area (Å²) in [4.78, 5) is 0. The van der Waals surface area contributed by atoms with Gasteiger partial charge in [-0.3, -0.25) is 0 Å². The van der Waals surface area contributed by atoms with Crippen molar-refractivity contribution in [1.82, 2.24) is 5.32 Å². The lowest BCUT2D eigenvalue weighted by Crippen LogP contribution is -2.26. The SMILES string of the molecule is CNC(c1cc(F)cc(F)c1)C1CCS(=O)(=O)C1. The van der Waals surface area contributed by atoms with E-state index in [1.54, 1.807) is 7.05 Å². The maximum atomic E-state index is 13.2. The highest BCUT2D eigenvalue weighted by atomic mass is 32.2. The van der Waals surface area contributed by atoms with Gasteiger partial charge in [-0.15, -0.1) is 0 Å². The van der Waals surface area contributed by atoms with Crippen molar-refractivity contribution in [2.45, 2.75) is 12.5 Å². The molecule has 0 radical (unpaired) electrons. The van der Waals surface area contributed by atoms with Crippen LogP contribution in [-0.4, -0.2) is 27.0 Å². The minimum Gasteiger partial charge on any atom is -0.313 e. The molecule has 1 aliphatic rings. The molecular weight excluding hydrogens is 260 g/mol. The first-order valence-electron chi connectivity index (χ1n) is 5.75. The van der Waals surface area contributed by atoms with Gasteiger partial charge in [0.05, 0.1) is 11.5 Å². The number of sulfone groups is 1. The standard InChI is InChI=1S/C12H15F2NO2S/c1-15-12(8-2-3-18(16,17)7-8)9-4-10(13)6-11(14)5-9/h4-6,8,12,15H,2-3,7H2,1H3. The Kier molecular flexibility index (Phi) is 3.68. The number of hydrogen-bond acceptors (Lipinski definition) is 3. The number of nitrogens with one attached hydrogen (secondary N) is 1. The van der Waals surface area contributed by atoms with Gasteiger partial charge in [0.2, 0.25) is 0 Å². The van der Waals surface area contributed by atoms with E-state index in [0.717, 1.165) is 6.07 Å². The smallest absolute Gasteiger partial charge is 0.150 e. The van der Waals surface area contributed by atoms with Crippen LogP contribution in [0.25, 0.3) is 0 Å². The largest absolute Gasteiger partial charge is 0.313 e. The van der Waals surface area contributed by atoms with Crippen LogP contribution in [0.15, 0.2) is 18.2 Å². The normalized spacial score (nSPS) is 24.1. The van der Waals surface area contributed by atoms with E-state index in [2.05, 4.69) is 5.32 Å². The number of hydrogen-bond donors (Lipinski definition) is 1. The summed E-state index contributed by atoms with van der Waals surface area (Å²) >= 11 is 0. The van der Waals surface area contributed by atoms with Gasteiger partial charge < -0.3 is 5.32 Å². The van der Waals surface area contributed by atoms with Gasteiger partial charge in [-0.2, -0.15) is 0 Å². The molecule has 1 fully saturated rings. The third-order valence-corrected chi connectivity index (χ3v) is 5.09. The molecule has 0 spiro atoms. The molecule has 0 amide bonds. The molecule has 0 aliphatic carbocycles. The van der Waals surface area contributed by atoms with Crippen molar-refractivity contribution < 1.29 is 17.2 Å². The Bertz CT molecular complexity index is 525. The first-order valence-corrected chi connectivity index (χ1v) is 7.57. The van der Waals surface area contributed by atoms with Crippen molar-refractivity contribution in [3.8, 4) is 0 Å². The van der Waals surface area contributed by atoms with E-state index < -0.39 is 21.5 Å². The Balaban J connectivity index is 2.28. The van der Waals surface area contributed by atoms with Crippen molar-refractivity contribution in [3.05, 3.63) is 35.4 Å². The molecule has 18 heavy (non-hydrogen) atoms. The van der Waals surface area contributed by atoms with Crippen LogP contribution < -0.4 is 5.32 Å². The molecule has 100 valence electrons. The summed E-state index contributed by atoms with van der Waals surface area (Å²) in [6.07, 6.45) is 0.520. The molecule has 1 heterocycles. The fourth-order valence-electron chi connectivity index (χ4n) is 2.52. The molecule has 1 aliphatic heterocycles. The third-order valence-electron chi connectivity index (χ3n) is 3.29. The molecule has 1 aromatic rings. The zero-order valence-corrected chi connectivity index (χ0v) is 10.8. The predicted molar refractivity (Wildman–Crippen MR) is 64.9 cm³/mol. The maximum Gasteiger partial charge on any atom is 0.150 e. The fraction of sp³-hybridized carbons (Fsp3) is 0.500. The summed E-state index contributed by atoms with van der Waals surface area (Å²) < 4.78 is 49.3. The van der Waals surface area contributed by atoms with E-state index >= 15 is 0 Å². The van der Waals surface area contributed by atoms with Gasteiger partial charge in [0.1, 0.15) is 11.6 Å². The van der Waals surface area contributed by atoms with E-state index in [0.29, 0.717) is 12.0 Å². The summed E-state index contributed by atoms with van der Waals surface area (Å²) in [5.41, 5.74) is 0.456. The highest BCUT2D eigenvalue weighted by Gasteiger charge is 2.34. The molecular formula is C12H15F2NO2S. The van der Waals surface area contributed by atoms with Gasteiger partial charge in [-0.05, 0) is 37.1 Å². The molecule has 2 atom stereocenters.